The first-order valence-electron chi connectivity index (χ1n) is 7.84. The second-order valence-electron chi connectivity index (χ2n) is 6.25. The molecule has 0 heterocycles. The minimum absolute atomic E-state index is 0.0741. The molecule has 116 valence electrons. The Morgan fingerprint density at radius 3 is 2.52 bits per heavy atom. The van der Waals surface area contributed by atoms with Gasteiger partial charge in [-0.2, -0.15) is 0 Å². The van der Waals surface area contributed by atoms with Gasteiger partial charge in [0, 0.05) is 6.04 Å². The van der Waals surface area contributed by atoms with E-state index in [0.29, 0.717) is 6.42 Å². The van der Waals surface area contributed by atoms with Gasteiger partial charge in [0.25, 0.3) is 0 Å². The monoisotopic (exact) mass is 290 g/mol. The summed E-state index contributed by atoms with van der Waals surface area (Å²) in [6.45, 7) is 1.91. The fourth-order valence-electron chi connectivity index (χ4n) is 2.98. The highest BCUT2D eigenvalue weighted by Crippen LogP contribution is 2.26. The lowest BCUT2D eigenvalue weighted by Gasteiger charge is -2.33. The first-order chi connectivity index (χ1) is 10.0. The van der Waals surface area contributed by atoms with Crippen LogP contribution in [0, 0.1) is 0 Å². The van der Waals surface area contributed by atoms with Gasteiger partial charge in [-0.05, 0) is 31.7 Å². The minimum Gasteiger partial charge on any atom is -0.388 e. The van der Waals surface area contributed by atoms with E-state index < -0.39 is 11.6 Å². The van der Waals surface area contributed by atoms with E-state index in [2.05, 4.69) is 5.32 Å². The van der Waals surface area contributed by atoms with Gasteiger partial charge in [-0.1, -0.05) is 49.6 Å². The number of hydrogen-bond donors (Lipinski definition) is 3. The molecule has 2 atom stereocenters. The quantitative estimate of drug-likeness (QED) is 0.778. The molecule has 2 rings (SSSR count). The number of nitrogens with two attached hydrogens (primary N) is 1. The van der Waals surface area contributed by atoms with Gasteiger partial charge in [-0.25, -0.2) is 0 Å². The zero-order valence-corrected chi connectivity index (χ0v) is 12.7. The highest BCUT2D eigenvalue weighted by molar-refractivity contribution is 5.86. The molecule has 4 nitrogen and oxygen atoms in total. The van der Waals surface area contributed by atoms with Crippen LogP contribution in [0.15, 0.2) is 30.3 Å². The Morgan fingerprint density at radius 1 is 1.29 bits per heavy atom. The summed E-state index contributed by atoms with van der Waals surface area (Å²) in [7, 11) is 0. The number of amides is 1. The molecule has 4 N–H and O–H groups in total. The Bertz CT molecular complexity index is 455. The molecule has 1 saturated carbocycles. The van der Waals surface area contributed by atoms with Crippen molar-refractivity contribution in [1.82, 2.24) is 5.32 Å². The van der Waals surface area contributed by atoms with Crippen molar-refractivity contribution in [2.75, 3.05) is 0 Å². The van der Waals surface area contributed by atoms with Crippen molar-refractivity contribution in [3.8, 4) is 0 Å². The second kappa shape index (κ2) is 7.05. The van der Waals surface area contributed by atoms with Crippen LogP contribution in [0.1, 0.15) is 57.1 Å². The lowest BCUT2D eigenvalue weighted by atomic mass is 9.81. The Hall–Kier alpha value is -1.39. The van der Waals surface area contributed by atoms with E-state index in [1.165, 1.54) is 0 Å². The summed E-state index contributed by atoms with van der Waals surface area (Å²) in [5.41, 5.74) is 6.37. The summed E-state index contributed by atoms with van der Waals surface area (Å²) in [5, 5.41) is 13.2. The highest BCUT2D eigenvalue weighted by Gasteiger charge is 2.35. The summed E-state index contributed by atoms with van der Waals surface area (Å²) in [5.74, 6) is -0.0741. The lowest BCUT2D eigenvalue weighted by Crippen LogP contribution is -2.56. The van der Waals surface area contributed by atoms with E-state index in [9.17, 15) is 9.90 Å². The molecule has 0 bridgehead atoms. The van der Waals surface area contributed by atoms with Crippen molar-refractivity contribution in [2.24, 2.45) is 5.73 Å². The normalized spacial score (nSPS) is 20.5. The fourth-order valence-corrected chi connectivity index (χ4v) is 2.98. The molecule has 4 heteroatoms. The Balaban J connectivity index is 1.86. The van der Waals surface area contributed by atoms with Crippen molar-refractivity contribution >= 4 is 5.91 Å². The zero-order valence-electron chi connectivity index (χ0n) is 12.7. The van der Waals surface area contributed by atoms with Crippen molar-refractivity contribution in [1.29, 1.82) is 0 Å². The van der Waals surface area contributed by atoms with Crippen LogP contribution in [0.3, 0.4) is 0 Å². The molecule has 0 spiro atoms. The molecule has 21 heavy (non-hydrogen) atoms. The van der Waals surface area contributed by atoms with Gasteiger partial charge in [0.1, 0.15) is 0 Å². The predicted molar refractivity (Wildman–Crippen MR) is 83.6 cm³/mol. The lowest BCUT2D eigenvalue weighted by molar-refractivity contribution is -0.128. The summed E-state index contributed by atoms with van der Waals surface area (Å²) in [4.78, 5) is 12.3. The molecule has 1 aromatic rings. The van der Waals surface area contributed by atoms with Crippen LogP contribution in [0.2, 0.25) is 0 Å². The summed E-state index contributed by atoms with van der Waals surface area (Å²) in [6.07, 6.45) is 4.64. The number of aliphatic hydroxyl groups excluding tert-OH is 1. The third kappa shape index (κ3) is 4.29. The molecule has 1 fully saturated rings. The molecule has 1 aromatic carbocycles. The maximum atomic E-state index is 12.3. The topological polar surface area (TPSA) is 75.3 Å². The van der Waals surface area contributed by atoms with E-state index in [4.69, 9.17) is 5.73 Å². The van der Waals surface area contributed by atoms with Crippen molar-refractivity contribution in [3.63, 3.8) is 0 Å². The van der Waals surface area contributed by atoms with Gasteiger partial charge in [0.2, 0.25) is 5.91 Å². The van der Waals surface area contributed by atoms with Crippen molar-refractivity contribution < 1.29 is 9.90 Å². The van der Waals surface area contributed by atoms with Crippen molar-refractivity contribution in [3.05, 3.63) is 35.9 Å². The first-order valence-corrected chi connectivity index (χ1v) is 7.84. The molecule has 1 amide bonds. The standard InChI is InChI=1S/C17H26N2O2/c1-13(12-15(20)14-8-4-2-5-9-14)19-16(21)17(18)10-6-3-7-11-17/h2,4-5,8-9,13,15,20H,3,6-7,10-12,18H2,1H3,(H,19,21). The molecule has 0 aromatic heterocycles. The summed E-state index contributed by atoms with van der Waals surface area (Å²) >= 11 is 0. The van der Waals surface area contributed by atoms with E-state index in [0.717, 1.165) is 37.7 Å². The van der Waals surface area contributed by atoms with Gasteiger partial charge in [0.05, 0.1) is 11.6 Å². The van der Waals surface area contributed by atoms with Crippen LogP contribution < -0.4 is 11.1 Å². The van der Waals surface area contributed by atoms with E-state index in [1.54, 1.807) is 0 Å². The smallest absolute Gasteiger partial charge is 0.240 e. The largest absolute Gasteiger partial charge is 0.388 e. The molecule has 0 radical (unpaired) electrons. The highest BCUT2D eigenvalue weighted by atomic mass is 16.3. The molecule has 1 aliphatic rings. The summed E-state index contributed by atoms with van der Waals surface area (Å²) in [6, 6.07) is 9.41. The zero-order chi connectivity index (χ0) is 15.3. The van der Waals surface area contributed by atoms with Crippen LogP contribution in [0.25, 0.3) is 0 Å². The average molecular weight is 290 g/mol. The number of benzene rings is 1. The van der Waals surface area contributed by atoms with Crippen LogP contribution in [0.4, 0.5) is 0 Å². The number of nitrogens with one attached hydrogen (secondary N) is 1. The molecule has 2 unspecified atom stereocenters. The Labute approximate surface area is 126 Å². The van der Waals surface area contributed by atoms with Crippen molar-refractivity contribution in [2.45, 2.75) is 63.1 Å². The van der Waals surface area contributed by atoms with E-state index in [-0.39, 0.29) is 11.9 Å². The Morgan fingerprint density at radius 2 is 1.90 bits per heavy atom. The minimum atomic E-state index is -0.718. The molecule has 0 saturated heterocycles. The van der Waals surface area contributed by atoms with Gasteiger partial charge in [-0.15, -0.1) is 0 Å². The van der Waals surface area contributed by atoms with Crippen LogP contribution in [-0.2, 0) is 4.79 Å². The van der Waals surface area contributed by atoms with Gasteiger partial charge in [-0.3, -0.25) is 4.79 Å². The van der Waals surface area contributed by atoms with Crippen LogP contribution >= 0.6 is 0 Å². The van der Waals surface area contributed by atoms with E-state index >= 15 is 0 Å². The van der Waals surface area contributed by atoms with Crippen LogP contribution in [-0.4, -0.2) is 22.6 Å². The third-order valence-electron chi connectivity index (χ3n) is 4.34. The average Bonchev–Trinajstić information content (AvgIpc) is 2.48. The van der Waals surface area contributed by atoms with Gasteiger partial charge in [0.15, 0.2) is 0 Å². The summed E-state index contributed by atoms with van der Waals surface area (Å²) < 4.78 is 0. The number of carbonyl (C=O) groups is 1. The molecule has 1 aliphatic carbocycles. The van der Waals surface area contributed by atoms with Gasteiger partial charge < -0.3 is 16.2 Å². The SMILES string of the molecule is CC(CC(O)c1ccccc1)NC(=O)C1(N)CCCCC1. The molecular weight excluding hydrogens is 264 g/mol. The van der Waals surface area contributed by atoms with Gasteiger partial charge >= 0.3 is 0 Å². The maximum Gasteiger partial charge on any atom is 0.240 e. The fraction of sp³-hybridized carbons (Fsp3) is 0.588. The second-order valence-corrected chi connectivity index (χ2v) is 6.25. The number of hydrogen-bond acceptors (Lipinski definition) is 3. The number of aliphatic hydroxyl groups is 1. The van der Waals surface area contributed by atoms with Crippen LogP contribution in [0.5, 0.6) is 0 Å². The first kappa shape index (κ1) is 16.0. The number of carbonyl (C=O) groups excluding carboxylic acids is 1. The third-order valence-corrected chi connectivity index (χ3v) is 4.34. The predicted octanol–water partition coefficient (Wildman–Crippen LogP) is 2.28. The van der Waals surface area contributed by atoms with E-state index in [1.807, 2.05) is 37.3 Å². The number of rotatable bonds is 5. The maximum absolute atomic E-state index is 12.3. The molecule has 0 aliphatic heterocycles. The Kier molecular flexibility index (Phi) is 5.37. The molecular formula is C17H26N2O2.